The summed E-state index contributed by atoms with van der Waals surface area (Å²) in [5.74, 6) is 0.721. The van der Waals surface area contributed by atoms with E-state index in [1.165, 1.54) is 6.26 Å². The standard InChI is InChI=1S/C24H23N5O3/c1-24(2,3)22-19-20(26-27-22)23(30)29(21(19)16-13-25-11-9-18(16)31-4)15-7-5-14(6-8-15)17-10-12-32-28-17/h5-13,26,30H,1-4H3. The van der Waals surface area contributed by atoms with Crippen LogP contribution in [0.1, 0.15) is 26.5 Å². The zero-order chi connectivity index (χ0) is 22.5. The highest BCUT2D eigenvalue weighted by Gasteiger charge is 2.30. The average Bonchev–Trinajstić information content (AvgIpc) is 3.51. The minimum Gasteiger partial charge on any atom is -0.496 e. The van der Waals surface area contributed by atoms with Gasteiger partial charge < -0.3 is 14.4 Å². The predicted octanol–water partition coefficient (Wildman–Crippen LogP) is 5.08. The van der Waals surface area contributed by atoms with Crippen molar-refractivity contribution in [1.82, 2.24) is 24.9 Å². The Morgan fingerprint density at radius 2 is 1.88 bits per heavy atom. The smallest absolute Gasteiger partial charge is 0.222 e. The van der Waals surface area contributed by atoms with E-state index in [0.717, 1.165) is 39.3 Å². The molecular weight excluding hydrogens is 406 g/mol. The number of H-pyrrole nitrogens is 1. The predicted molar refractivity (Wildman–Crippen MR) is 121 cm³/mol. The third kappa shape index (κ3) is 3.03. The number of benzene rings is 1. The second-order valence-electron chi connectivity index (χ2n) is 8.59. The second kappa shape index (κ2) is 7.26. The summed E-state index contributed by atoms with van der Waals surface area (Å²) >= 11 is 0. The Morgan fingerprint density at radius 3 is 2.53 bits per heavy atom. The monoisotopic (exact) mass is 429 g/mol. The van der Waals surface area contributed by atoms with Gasteiger partial charge in [0.1, 0.15) is 23.2 Å². The van der Waals surface area contributed by atoms with Crippen LogP contribution in [0.15, 0.2) is 59.6 Å². The quantitative estimate of drug-likeness (QED) is 0.413. The molecule has 0 saturated carbocycles. The Labute approximate surface area is 184 Å². The van der Waals surface area contributed by atoms with Crippen LogP contribution >= 0.6 is 0 Å². The van der Waals surface area contributed by atoms with E-state index in [9.17, 15) is 5.11 Å². The maximum atomic E-state index is 11.3. The molecule has 4 heterocycles. The first-order valence-electron chi connectivity index (χ1n) is 10.2. The molecule has 0 spiro atoms. The van der Waals surface area contributed by atoms with Crippen molar-refractivity contribution in [3.63, 3.8) is 0 Å². The first kappa shape index (κ1) is 19.9. The van der Waals surface area contributed by atoms with Gasteiger partial charge in [-0.15, -0.1) is 0 Å². The number of ether oxygens (including phenoxy) is 1. The van der Waals surface area contributed by atoms with Gasteiger partial charge in [-0.2, -0.15) is 5.10 Å². The summed E-state index contributed by atoms with van der Waals surface area (Å²) in [5.41, 5.74) is 5.12. The lowest BCUT2D eigenvalue weighted by molar-refractivity contribution is 0.415. The van der Waals surface area contributed by atoms with Gasteiger partial charge in [0, 0.05) is 35.1 Å². The van der Waals surface area contributed by atoms with Gasteiger partial charge in [-0.3, -0.25) is 14.6 Å². The van der Waals surface area contributed by atoms with Crippen LogP contribution in [0.4, 0.5) is 0 Å². The fourth-order valence-electron chi connectivity index (χ4n) is 3.99. The van der Waals surface area contributed by atoms with E-state index in [-0.39, 0.29) is 11.3 Å². The van der Waals surface area contributed by atoms with Crippen LogP contribution in [0, 0.1) is 0 Å². The van der Waals surface area contributed by atoms with E-state index in [1.54, 1.807) is 36.2 Å². The first-order valence-corrected chi connectivity index (χ1v) is 10.2. The molecule has 8 heteroatoms. The van der Waals surface area contributed by atoms with Gasteiger partial charge in [-0.1, -0.05) is 38.1 Å². The Balaban J connectivity index is 1.81. The number of methoxy groups -OCH3 is 1. The van der Waals surface area contributed by atoms with Crippen molar-refractivity contribution in [1.29, 1.82) is 0 Å². The third-order valence-corrected chi connectivity index (χ3v) is 5.49. The maximum Gasteiger partial charge on any atom is 0.222 e. The number of aromatic nitrogens is 5. The zero-order valence-corrected chi connectivity index (χ0v) is 18.2. The lowest BCUT2D eigenvalue weighted by Gasteiger charge is -2.18. The zero-order valence-electron chi connectivity index (χ0n) is 18.2. The molecule has 4 aromatic heterocycles. The van der Waals surface area contributed by atoms with Crippen molar-refractivity contribution in [2.45, 2.75) is 26.2 Å². The second-order valence-corrected chi connectivity index (χ2v) is 8.59. The molecule has 0 radical (unpaired) electrons. The van der Waals surface area contributed by atoms with E-state index < -0.39 is 0 Å². The molecule has 162 valence electrons. The summed E-state index contributed by atoms with van der Waals surface area (Å²) in [6.45, 7) is 6.27. The Morgan fingerprint density at radius 1 is 1.09 bits per heavy atom. The molecule has 0 unspecified atom stereocenters. The summed E-state index contributed by atoms with van der Waals surface area (Å²) in [7, 11) is 1.62. The molecule has 5 rings (SSSR count). The molecular formula is C24H23N5O3. The highest BCUT2D eigenvalue weighted by molar-refractivity contribution is 6.02. The van der Waals surface area contributed by atoms with Crippen LogP contribution in [0.3, 0.4) is 0 Å². The van der Waals surface area contributed by atoms with Gasteiger partial charge >= 0.3 is 0 Å². The number of hydrogen-bond acceptors (Lipinski definition) is 6. The number of nitrogens with zero attached hydrogens (tertiary/aromatic N) is 4. The van der Waals surface area contributed by atoms with Crippen LogP contribution in [-0.4, -0.2) is 37.1 Å². The molecule has 0 aliphatic heterocycles. The first-order chi connectivity index (χ1) is 15.4. The van der Waals surface area contributed by atoms with Gasteiger partial charge in [-0.05, 0) is 18.2 Å². The van der Waals surface area contributed by atoms with Crippen molar-refractivity contribution in [3.8, 4) is 39.8 Å². The Kier molecular flexibility index (Phi) is 4.51. The van der Waals surface area contributed by atoms with E-state index in [0.29, 0.717) is 11.3 Å². The molecule has 32 heavy (non-hydrogen) atoms. The van der Waals surface area contributed by atoms with Crippen molar-refractivity contribution >= 4 is 10.9 Å². The minimum atomic E-state index is -0.252. The van der Waals surface area contributed by atoms with Gasteiger partial charge in [0.15, 0.2) is 0 Å². The largest absolute Gasteiger partial charge is 0.496 e. The van der Waals surface area contributed by atoms with Crippen LogP contribution < -0.4 is 4.74 Å². The van der Waals surface area contributed by atoms with Crippen molar-refractivity contribution in [2.24, 2.45) is 0 Å². The van der Waals surface area contributed by atoms with Gasteiger partial charge in [-0.25, -0.2) is 0 Å². The van der Waals surface area contributed by atoms with Crippen LogP contribution in [0.25, 0.3) is 39.1 Å². The molecule has 5 aromatic rings. The number of rotatable bonds is 4. The minimum absolute atomic E-state index is 0.0677. The van der Waals surface area contributed by atoms with Crippen molar-refractivity contribution in [3.05, 3.63) is 60.7 Å². The van der Waals surface area contributed by atoms with Gasteiger partial charge in [0.25, 0.3) is 0 Å². The van der Waals surface area contributed by atoms with Crippen molar-refractivity contribution < 1.29 is 14.4 Å². The molecule has 1 aromatic carbocycles. The number of pyridine rings is 1. The summed E-state index contributed by atoms with van der Waals surface area (Å²) in [6, 6.07) is 11.3. The summed E-state index contributed by atoms with van der Waals surface area (Å²) in [6.07, 6.45) is 4.96. The Hall–Kier alpha value is -4.07. The molecule has 0 fully saturated rings. The number of aromatic amines is 1. The molecule has 0 amide bonds. The van der Waals surface area contributed by atoms with E-state index in [4.69, 9.17) is 9.26 Å². The molecule has 0 saturated heterocycles. The molecule has 0 bridgehead atoms. The van der Waals surface area contributed by atoms with Crippen LogP contribution in [0.2, 0.25) is 0 Å². The van der Waals surface area contributed by atoms with Gasteiger partial charge in [0.2, 0.25) is 5.88 Å². The highest BCUT2D eigenvalue weighted by Crippen LogP contribution is 2.45. The molecule has 8 nitrogen and oxygen atoms in total. The normalized spacial score (nSPS) is 11.9. The topological polar surface area (TPSA) is 102 Å². The molecule has 0 aliphatic rings. The lowest BCUT2D eigenvalue weighted by Crippen LogP contribution is -2.12. The van der Waals surface area contributed by atoms with Crippen LogP contribution in [-0.2, 0) is 5.41 Å². The number of fused-ring (bicyclic) bond motifs is 1. The summed E-state index contributed by atoms with van der Waals surface area (Å²) in [5, 5.41) is 23.7. The molecule has 0 atom stereocenters. The van der Waals surface area contributed by atoms with Crippen LogP contribution in [0.5, 0.6) is 11.6 Å². The van der Waals surface area contributed by atoms with E-state index >= 15 is 0 Å². The third-order valence-electron chi connectivity index (χ3n) is 5.49. The lowest BCUT2D eigenvalue weighted by atomic mass is 9.89. The SMILES string of the molecule is COc1ccncc1-c1c2c(C(C)(C)C)n[nH]c2c(O)n1-c1ccc(-c2ccon2)cc1. The van der Waals surface area contributed by atoms with E-state index in [2.05, 4.69) is 41.1 Å². The Bertz CT molecular complexity index is 1390. The van der Waals surface area contributed by atoms with Crippen molar-refractivity contribution in [2.75, 3.05) is 7.11 Å². The maximum absolute atomic E-state index is 11.3. The number of nitrogens with one attached hydrogen (secondary N) is 1. The summed E-state index contributed by atoms with van der Waals surface area (Å²) < 4.78 is 12.4. The molecule has 2 N–H and O–H groups in total. The fraction of sp³-hybridized carbons (Fsp3) is 0.208. The average molecular weight is 429 g/mol. The summed E-state index contributed by atoms with van der Waals surface area (Å²) in [4.78, 5) is 4.32. The van der Waals surface area contributed by atoms with Gasteiger partial charge in [0.05, 0.1) is 29.4 Å². The van der Waals surface area contributed by atoms with E-state index in [1.807, 2.05) is 24.3 Å². The molecule has 0 aliphatic carbocycles. The number of hydrogen-bond donors (Lipinski definition) is 2. The highest BCUT2D eigenvalue weighted by atomic mass is 16.5. The number of aromatic hydroxyl groups is 1. The fourth-order valence-corrected chi connectivity index (χ4v) is 3.99.